The highest BCUT2D eigenvalue weighted by molar-refractivity contribution is 4.86. The zero-order valence-electron chi connectivity index (χ0n) is 11.4. The molecule has 0 spiro atoms. The van der Waals surface area contributed by atoms with Gasteiger partial charge in [0.15, 0.2) is 0 Å². The molecule has 0 bridgehead atoms. The van der Waals surface area contributed by atoms with Gasteiger partial charge in [0.2, 0.25) is 0 Å². The minimum atomic E-state index is 0.892. The van der Waals surface area contributed by atoms with E-state index in [0.717, 1.165) is 29.6 Å². The third kappa shape index (κ3) is 3.23. The topological polar surface area (TPSA) is 0 Å². The van der Waals surface area contributed by atoms with E-state index < -0.39 is 0 Å². The van der Waals surface area contributed by atoms with Gasteiger partial charge in [-0.1, -0.05) is 53.9 Å². The maximum absolute atomic E-state index is 2.50. The van der Waals surface area contributed by atoms with Gasteiger partial charge in [0.25, 0.3) is 0 Å². The smallest absolute Gasteiger partial charge is 0.0360 e. The van der Waals surface area contributed by atoms with Gasteiger partial charge in [0.05, 0.1) is 0 Å². The Morgan fingerprint density at radius 2 is 1.67 bits per heavy atom. The summed E-state index contributed by atoms with van der Waals surface area (Å²) in [6.07, 6.45) is 7.22. The highest BCUT2D eigenvalue weighted by Crippen LogP contribution is 2.45. The predicted molar refractivity (Wildman–Crippen MR) is 68.9 cm³/mol. The van der Waals surface area contributed by atoms with E-state index >= 15 is 0 Å². The fourth-order valence-electron chi connectivity index (χ4n) is 3.71. The lowest BCUT2D eigenvalue weighted by atomic mass is 9.78. The molecule has 0 N–H and O–H groups in total. The van der Waals surface area contributed by atoms with E-state index in [-0.39, 0.29) is 0 Å². The Labute approximate surface area is 96.8 Å². The third-order valence-electron chi connectivity index (χ3n) is 4.78. The van der Waals surface area contributed by atoms with Crippen LogP contribution in [0.2, 0.25) is 0 Å². The molecule has 0 aromatic heterocycles. The maximum atomic E-state index is 2.50. The number of unbranched alkanes of at least 4 members (excludes halogenated alkanes) is 1. The lowest BCUT2D eigenvalue weighted by molar-refractivity contribution is 0.216. The second kappa shape index (κ2) is 5.92. The molecule has 0 aliphatic heterocycles. The molecule has 1 aliphatic rings. The number of hydrogen-bond acceptors (Lipinski definition) is 0. The van der Waals surface area contributed by atoms with Crippen LogP contribution >= 0.6 is 0 Å². The van der Waals surface area contributed by atoms with Crippen molar-refractivity contribution in [3.8, 4) is 0 Å². The van der Waals surface area contributed by atoms with Crippen LogP contribution in [0.1, 0.15) is 66.7 Å². The van der Waals surface area contributed by atoms with Crippen molar-refractivity contribution in [3.63, 3.8) is 0 Å². The lowest BCUT2D eigenvalue weighted by Crippen LogP contribution is -2.20. The van der Waals surface area contributed by atoms with E-state index in [9.17, 15) is 0 Å². The molecule has 0 heterocycles. The first-order valence-corrected chi connectivity index (χ1v) is 7.07. The first-order chi connectivity index (χ1) is 7.07. The molecule has 90 valence electrons. The van der Waals surface area contributed by atoms with Gasteiger partial charge in [0.1, 0.15) is 0 Å². The summed E-state index contributed by atoms with van der Waals surface area (Å²) in [7, 11) is 0. The van der Waals surface area contributed by atoms with E-state index in [4.69, 9.17) is 0 Å². The monoisotopic (exact) mass is 210 g/mol. The summed E-state index contributed by atoms with van der Waals surface area (Å²) in [5.74, 6) is 4.84. The molecular formula is C15H30. The van der Waals surface area contributed by atoms with Crippen LogP contribution in [0.4, 0.5) is 0 Å². The Kier molecular flexibility index (Phi) is 5.15. The third-order valence-corrected chi connectivity index (χ3v) is 4.78. The zero-order chi connectivity index (χ0) is 11.4. The van der Waals surface area contributed by atoms with Crippen LogP contribution in [0.25, 0.3) is 0 Å². The normalized spacial score (nSPS) is 33.6. The van der Waals surface area contributed by atoms with Crippen molar-refractivity contribution < 1.29 is 0 Å². The molecule has 4 atom stereocenters. The molecule has 15 heavy (non-hydrogen) atoms. The van der Waals surface area contributed by atoms with Crippen molar-refractivity contribution >= 4 is 0 Å². The van der Waals surface area contributed by atoms with Crippen molar-refractivity contribution in [2.24, 2.45) is 29.6 Å². The Bertz CT molecular complexity index is 171. The molecule has 0 aromatic carbocycles. The molecule has 1 saturated carbocycles. The molecule has 0 nitrogen and oxygen atoms in total. The molecule has 4 unspecified atom stereocenters. The fourth-order valence-corrected chi connectivity index (χ4v) is 3.71. The van der Waals surface area contributed by atoms with E-state index in [1.807, 2.05) is 0 Å². The lowest BCUT2D eigenvalue weighted by Gasteiger charge is -2.27. The predicted octanol–water partition coefficient (Wildman–Crippen LogP) is 5.13. The van der Waals surface area contributed by atoms with E-state index in [2.05, 4.69) is 34.6 Å². The molecule has 0 saturated heterocycles. The minimum Gasteiger partial charge on any atom is -0.0654 e. The Hall–Kier alpha value is 0. The van der Waals surface area contributed by atoms with Gasteiger partial charge in [-0.15, -0.1) is 0 Å². The summed E-state index contributed by atoms with van der Waals surface area (Å²) in [5, 5.41) is 0. The van der Waals surface area contributed by atoms with Crippen LogP contribution in [0.5, 0.6) is 0 Å². The molecule has 1 aliphatic carbocycles. The highest BCUT2D eigenvalue weighted by atomic mass is 14.4. The SMILES string of the molecule is CCCCC(C)C1CCC(C(C)C)C1C. The van der Waals surface area contributed by atoms with Crippen molar-refractivity contribution in [1.82, 2.24) is 0 Å². The van der Waals surface area contributed by atoms with Crippen LogP contribution in [0, 0.1) is 29.6 Å². The van der Waals surface area contributed by atoms with Gasteiger partial charge >= 0.3 is 0 Å². The molecular weight excluding hydrogens is 180 g/mol. The fraction of sp³-hybridized carbons (Fsp3) is 1.00. The summed E-state index contributed by atoms with van der Waals surface area (Å²) in [5.41, 5.74) is 0. The summed E-state index contributed by atoms with van der Waals surface area (Å²) in [6.45, 7) is 12.1. The van der Waals surface area contributed by atoms with Crippen LogP contribution in [-0.4, -0.2) is 0 Å². The Balaban J connectivity index is 2.44. The van der Waals surface area contributed by atoms with Crippen molar-refractivity contribution in [1.29, 1.82) is 0 Å². The van der Waals surface area contributed by atoms with Crippen molar-refractivity contribution in [2.75, 3.05) is 0 Å². The van der Waals surface area contributed by atoms with E-state index in [1.54, 1.807) is 0 Å². The quantitative estimate of drug-likeness (QED) is 0.590. The van der Waals surface area contributed by atoms with Crippen LogP contribution in [-0.2, 0) is 0 Å². The van der Waals surface area contributed by atoms with Gasteiger partial charge in [0, 0.05) is 0 Å². The van der Waals surface area contributed by atoms with Gasteiger partial charge in [-0.3, -0.25) is 0 Å². The molecule has 0 aromatic rings. The second-order valence-electron chi connectivity index (χ2n) is 6.13. The van der Waals surface area contributed by atoms with Crippen molar-refractivity contribution in [2.45, 2.75) is 66.7 Å². The Morgan fingerprint density at radius 1 is 1.07 bits per heavy atom. The molecule has 1 rings (SSSR count). The average Bonchev–Trinajstić information content (AvgIpc) is 2.56. The van der Waals surface area contributed by atoms with E-state index in [1.165, 1.54) is 32.1 Å². The molecule has 0 amide bonds. The molecule has 0 heteroatoms. The number of rotatable bonds is 5. The standard InChI is InChI=1S/C15H30/c1-6-7-8-12(4)15-10-9-14(11(2)3)13(15)5/h11-15H,6-10H2,1-5H3. The first kappa shape index (κ1) is 13.1. The minimum absolute atomic E-state index is 0.892. The van der Waals surface area contributed by atoms with Gasteiger partial charge < -0.3 is 0 Å². The first-order valence-electron chi connectivity index (χ1n) is 7.07. The second-order valence-corrected chi connectivity index (χ2v) is 6.13. The van der Waals surface area contributed by atoms with Gasteiger partial charge in [-0.25, -0.2) is 0 Å². The van der Waals surface area contributed by atoms with Gasteiger partial charge in [-0.05, 0) is 42.4 Å². The van der Waals surface area contributed by atoms with Crippen LogP contribution < -0.4 is 0 Å². The Morgan fingerprint density at radius 3 is 2.13 bits per heavy atom. The maximum Gasteiger partial charge on any atom is -0.0360 e. The molecule has 0 radical (unpaired) electrons. The average molecular weight is 210 g/mol. The van der Waals surface area contributed by atoms with Crippen LogP contribution in [0.15, 0.2) is 0 Å². The van der Waals surface area contributed by atoms with Gasteiger partial charge in [-0.2, -0.15) is 0 Å². The summed E-state index contributed by atoms with van der Waals surface area (Å²) in [4.78, 5) is 0. The largest absolute Gasteiger partial charge is 0.0654 e. The summed E-state index contributed by atoms with van der Waals surface area (Å²) in [6, 6.07) is 0. The van der Waals surface area contributed by atoms with Crippen molar-refractivity contribution in [3.05, 3.63) is 0 Å². The number of hydrogen-bond donors (Lipinski definition) is 0. The zero-order valence-corrected chi connectivity index (χ0v) is 11.4. The molecule has 1 fully saturated rings. The summed E-state index contributed by atoms with van der Waals surface area (Å²) >= 11 is 0. The van der Waals surface area contributed by atoms with Crippen LogP contribution in [0.3, 0.4) is 0 Å². The highest BCUT2D eigenvalue weighted by Gasteiger charge is 2.36. The van der Waals surface area contributed by atoms with E-state index in [0.29, 0.717) is 0 Å². The summed E-state index contributed by atoms with van der Waals surface area (Å²) < 4.78 is 0.